The van der Waals surface area contributed by atoms with Crippen LogP contribution in [0.5, 0.6) is 5.75 Å². The highest BCUT2D eigenvalue weighted by atomic mass is 32.1. The minimum atomic E-state index is 0.779. The van der Waals surface area contributed by atoms with E-state index < -0.39 is 0 Å². The van der Waals surface area contributed by atoms with E-state index in [-0.39, 0.29) is 0 Å². The quantitative estimate of drug-likeness (QED) is 0.437. The maximum atomic E-state index is 5.73. The first-order valence-electron chi connectivity index (χ1n) is 8.36. The predicted molar refractivity (Wildman–Crippen MR) is 101 cm³/mol. The lowest BCUT2D eigenvalue weighted by Crippen LogP contribution is -1.95. The highest BCUT2D eigenvalue weighted by molar-refractivity contribution is 7.23. The number of imidazole rings is 1. The molecule has 0 aliphatic carbocycles. The van der Waals surface area contributed by atoms with Crippen molar-refractivity contribution in [2.75, 3.05) is 6.61 Å². The van der Waals surface area contributed by atoms with E-state index in [4.69, 9.17) is 9.72 Å². The summed E-state index contributed by atoms with van der Waals surface area (Å²) in [5, 5.41) is 0. The van der Waals surface area contributed by atoms with Crippen molar-refractivity contribution in [3.8, 4) is 17.0 Å². The number of hydrogen-bond acceptors (Lipinski definition) is 3. The summed E-state index contributed by atoms with van der Waals surface area (Å²) in [5.41, 5.74) is 4.67. The van der Waals surface area contributed by atoms with Crippen molar-refractivity contribution in [1.29, 1.82) is 0 Å². The van der Waals surface area contributed by atoms with Crippen molar-refractivity contribution in [1.82, 2.24) is 9.38 Å². The van der Waals surface area contributed by atoms with E-state index in [1.54, 1.807) is 11.3 Å². The Hall–Kier alpha value is -2.33. The summed E-state index contributed by atoms with van der Waals surface area (Å²) < 4.78 is 9.22. The summed E-state index contributed by atoms with van der Waals surface area (Å²) in [6, 6.07) is 14.6. The number of benzene rings is 2. The number of thiazole rings is 1. The summed E-state index contributed by atoms with van der Waals surface area (Å²) in [4.78, 5) is 5.85. The molecular formula is C20H20N2OS. The molecule has 4 rings (SSSR count). The zero-order chi connectivity index (χ0) is 16.5. The maximum Gasteiger partial charge on any atom is 0.195 e. The van der Waals surface area contributed by atoms with Crippen molar-refractivity contribution in [3.05, 3.63) is 54.2 Å². The van der Waals surface area contributed by atoms with Gasteiger partial charge < -0.3 is 4.74 Å². The number of nitrogens with zero attached hydrogens (tertiary/aromatic N) is 2. The Kier molecular flexibility index (Phi) is 3.98. The summed E-state index contributed by atoms with van der Waals surface area (Å²) in [6.45, 7) is 5.10. The van der Waals surface area contributed by atoms with E-state index in [9.17, 15) is 0 Å². The molecule has 24 heavy (non-hydrogen) atoms. The standard InChI is InChI=1S/C20H20N2OS/c1-3-4-12-23-16-10-8-15(9-11-16)17-13-22-19-14(2)6-5-7-18(19)24-20(22)21-17/h5-11,13H,3-4,12H2,1-2H3. The van der Waals surface area contributed by atoms with Crippen LogP contribution in [0.25, 0.3) is 26.4 Å². The molecule has 0 atom stereocenters. The van der Waals surface area contributed by atoms with Crippen molar-refractivity contribution in [2.24, 2.45) is 0 Å². The Balaban J connectivity index is 1.66. The number of unbranched alkanes of at least 4 members (excludes halogenated alkanes) is 1. The van der Waals surface area contributed by atoms with Crippen LogP contribution < -0.4 is 4.74 Å². The zero-order valence-corrected chi connectivity index (χ0v) is 14.8. The topological polar surface area (TPSA) is 26.5 Å². The molecule has 0 radical (unpaired) electrons. The SMILES string of the molecule is CCCCOc1ccc(-c2cn3c(n2)sc2cccc(C)c23)cc1. The first-order valence-corrected chi connectivity index (χ1v) is 9.18. The fourth-order valence-electron chi connectivity index (χ4n) is 2.91. The third-order valence-corrected chi connectivity index (χ3v) is 5.25. The number of rotatable bonds is 5. The average molecular weight is 336 g/mol. The molecule has 0 bridgehead atoms. The van der Waals surface area contributed by atoms with Crippen molar-refractivity contribution in [2.45, 2.75) is 26.7 Å². The van der Waals surface area contributed by atoms with E-state index in [2.05, 4.69) is 54.8 Å². The van der Waals surface area contributed by atoms with Gasteiger partial charge in [-0.3, -0.25) is 4.40 Å². The van der Waals surface area contributed by atoms with Crippen molar-refractivity contribution in [3.63, 3.8) is 0 Å². The second kappa shape index (κ2) is 6.29. The smallest absolute Gasteiger partial charge is 0.195 e. The highest BCUT2D eigenvalue weighted by Crippen LogP contribution is 2.31. The molecule has 0 amide bonds. The molecular weight excluding hydrogens is 316 g/mol. The van der Waals surface area contributed by atoms with Gasteiger partial charge in [0.2, 0.25) is 0 Å². The number of para-hydroxylation sites is 1. The van der Waals surface area contributed by atoms with Crippen LogP contribution >= 0.6 is 11.3 Å². The normalized spacial score (nSPS) is 11.4. The maximum absolute atomic E-state index is 5.73. The summed E-state index contributed by atoms with van der Waals surface area (Å²) in [7, 11) is 0. The van der Waals surface area contributed by atoms with E-state index in [1.807, 2.05) is 12.1 Å². The Morgan fingerprint density at radius 2 is 1.96 bits per heavy atom. The Morgan fingerprint density at radius 1 is 1.12 bits per heavy atom. The molecule has 0 unspecified atom stereocenters. The number of hydrogen-bond donors (Lipinski definition) is 0. The number of aromatic nitrogens is 2. The van der Waals surface area contributed by atoms with E-state index in [0.29, 0.717) is 0 Å². The van der Waals surface area contributed by atoms with Crippen LogP contribution in [0.2, 0.25) is 0 Å². The molecule has 4 aromatic rings. The molecule has 0 spiro atoms. The van der Waals surface area contributed by atoms with Gasteiger partial charge in [0, 0.05) is 11.8 Å². The van der Waals surface area contributed by atoms with Gasteiger partial charge >= 0.3 is 0 Å². The molecule has 0 aliphatic heterocycles. The number of fused-ring (bicyclic) bond motifs is 3. The summed E-state index contributed by atoms with van der Waals surface area (Å²) >= 11 is 1.74. The summed E-state index contributed by atoms with van der Waals surface area (Å²) in [5.74, 6) is 0.925. The Labute approximate surface area is 145 Å². The predicted octanol–water partition coefficient (Wildman–Crippen LogP) is 5.70. The zero-order valence-electron chi connectivity index (χ0n) is 14.0. The molecule has 122 valence electrons. The first kappa shape index (κ1) is 15.2. The van der Waals surface area contributed by atoms with Crippen LogP contribution in [0, 0.1) is 6.92 Å². The van der Waals surface area contributed by atoms with Gasteiger partial charge in [0.1, 0.15) is 5.75 Å². The van der Waals surface area contributed by atoms with Gasteiger partial charge in [-0.15, -0.1) is 0 Å². The van der Waals surface area contributed by atoms with Crippen LogP contribution in [-0.4, -0.2) is 16.0 Å². The summed E-state index contributed by atoms with van der Waals surface area (Å²) in [6.07, 6.45) is 4.37. The fraction of sp³-hybridized carbons (Fsp3) is 0.250. The average Bonchev–Trinajstić information content (AvgIpc) is 3.14. The molecule has 0 aliphatic rings. The van der Waals surface area contributed by atoms with Gasteiger partial charge in [-0.2, -0.15) is 0 Å². The lowest BCUT2D eigenvalue weighted by molar-refractivity contribution is 0.309. The largest absolute Gasteiger partial charge is 0.494 e. The monoisotopic (exact) mass is 336 g/mol. The lowest BCUT2D eigenvalue weighted by atomic mass is 10.1. The molecule has 0 saturated heterocycles. The molecule has 2 heterocycles. The van der Waals surface area contributed by atoms with Crippen LogP contribution in [0.4, 0.5) is 0 Å². The third kappa shape index (κ3) is 2.67. The molecule has 2 aromatic heterocycles. The van der Waals surface area contributed by atoms with Gasteiger partial charge in [-0.1, -0.05) is 36.8 Å². The first-order chi connectivity index (χ1) is 11.8. The Bertz CT molecular complexity index is 982. The van der Waals surface area contributed by atoms with Gasteiger partial charge in [0.15, 0.2) is 4.96 Å². The van der Waals surface area contributed by atoms with E-state index >= 15 is 0 Å². The van der Waals surface area contributed by atoms with Gasteiger partial charge in [-0.05, 0) is 49.2 Å². The third-order valence-electron chi connectivity index (χ3n) is 4.23. The second-order valence-corrected chi connectivity index (χ2v) is 7.04. The molecule has 0 saturated carbocycles. The van der Waals surface area contributed by atoms with Gasteiger partial charge in [0.25, 0.3) is 0 Å². The molecule has 3 nitrogen and oxygen atoms in total. The minimum Gasteiger partial charge on any atom is -0.494 e. The second-order valence-electron chi connectivity index (χ2n) is 6.03. The minimum absolute atomic E-state index is 0.779. The van der Waals surface area contributed by atoms with Crippen LogP contribution in [0.1, 0.15) is 25.3 Å². The fourth-order valence-corrected chi connectivity index (χ4v) is 4.00. The molecule has 0 fully saturated rings. The molecule has 4 heteroatoms. The van der Waals surface area contributed by atoms with Crippen molar-refractivity contribution >= 4 is 26.5 Å². The lowest BCUT2D eigenvalue weighted by Gasteiger charge is -2.05. The van der Waals surface area contributed by atoms with E-state index in [1.165, 1.54) is 15.8 Å². The van der Waals surface area contributed by atoms with Crippen molar-refractivity contribution < 1.29 is 4.74 Å². The van der Waals surface area contributed by atoms with Crippen LogP contribution in [0.15, 0.2) is 48.7 Å². The van der Waals surface area contributed by atoms with E-state index in [0.717, 1.165) is 41.4 Å². The van der Waals surface area contributed by atoms with Crippen LogP contribution in [-0.2, 0) is 0 Å². The Morgan fingerprint density at radius 3 is 2.75 bits per heavy atom. The number of ether oxygens (including phenoxy) is 1. The van der Waals surface area contributed by atoms with Gasteiger partial charge in [0.05, 0.1) is 22.5 Å². The number of aryl methyl sites for hydroxylation is 1. The molecule has 0 N–H and O–H groups in total. The highest BCUT2D eigenvalue weighted by Gasteiger charge is 2.11. The van der Waals surface area contributed by atoms with Gasteiger partial charge in [-0.25, -0.2) is 4.98 Å². The molecule has 2 aromatic carbocycles. The van der Waals surface area contributed by atoms with Crippen LogP contribution in [0.3, 0.4) is 0 Å².